The Morgan fingerprint density at radius 3 is 2.48 bits per heavy atom. The zero-order valence-electron chi connectivity index (χ0n) is 11.1. The highest BCUT2D eigenvalue weighted by atomic mass is 35.5. The molecule has 0 spiro atoms. The molecule has 0 saturated carbocycles. The molecule has 0 radical (unpaired) electrons. The van der Waals surface area contributed by atoms with Gasteiger partial charge in [-0.25, -0.2) is 4.98 Å². The normalized spacial score (nSPS) is 11.2. The minimum absolute atomic E-state index is 0.0176. The van der Waals surface area contributed by atoms with Gasteiger partial charge < -0.3 is 15.4 Å². The van der Waals surface area contributed by atoms with E-state index in [1.165, 1.54) is 0 Å². The summed E-state index contributed by atoms with van der Waals surface area (Å²) in [5, 5.41) is 10.1. The number of hydrogen-bond acceptors (Lipinski definition) is 3. The van der Waals surface area contributed by atoms with E-state index in [1.807, 2.05) is 28.8 Å². The molecule has 3 aromatic rings. The second kappa shape index (κ2) is 5.56. The highest BCUT2D eigenvalue weighted by Gasteiger charge is 2.14. The van der Waals surface area contributed by atoms with E-state index in [9.17, 15) is 5.11 Å². The lowest BCUT2D eigenvalue weighted by molar-refractivity contribution is 0.278. The quantitative estimate of drug-likeness (QED) is 0.724. The number of benzene rings is 2. The first-order valence-corrected chi connectivity index (χ1v) is 7.18. The van der Waals surface area contributed by atoms with Crippen LogP contribution in [0.5, 0.6) is 0 Å². The first-order chi connectivity index (χ1) is 10.1. The average molecular weight is 322 g/mol. The summed E-state index contributed by atoms with van der Waals surface area (Å²) < 4.78 is 1.94. The third-order valence-electron chi connectivity index (χ3n) is 3.32. The fraction of sp³-hybridized carbons (Fsp3) is 0.133. The van der Waals surface area contributed by atoms with Crippen LogP contribution in [0.2, 0.25) is 10.0 Å². The lowest BCUT2D eigenvalue weighted by atomic mass is 10.2. The van der Waals surface area contributed by atoms with Gasteiger partial charge >= 0.3 is 0 Å². The van der Waals surface area contributed by atoms with Crippen LogP contribution in [0, 0.1) is 0 Å². The van der Waals surface area contributed by atoms with Crippen molar-refractivity contribution >= 4 is 39.9 Å². The van der Waals surface area contributed by atoms with Crippen molar-refractivity contribution in [3.63, 3.8) is 0 Å². The molecular formula is C15H13Cl2N3O. The number of aromatic nitrogens is 2. The highest BCUT2D eigenvalue weighted by molar-refractivity contribution is 6.39. The molecule has 4 nitrogen and oxygen atoms in total. The van der Waals surface area contributed by atoms with Crippen LogP contribution < -0.4 is 5.73 Å². The van der Waals surface area contributed by atoms with Gasteiger partial charge in [0.1, 0.15) is 5.82 Å². The maximum absolute atomic E-state index is 9.30. The molecule has 3 rings (SSSR count). The number of para-hydroxylation sites is 2. The lowest BCUT2D eigenvalue weighted by Crippen LogP contribution is -2.04. The van der Waals surface area contributed by atoms with Crippen LogP contribution in [-0.2, 0) is 6.54 Å². The fourth-order valence-corrected chi connectivity index (χ4v) is 2.82. The number of hydrogen-bond donors (Lipinski definition) is 2. The third-order valence-corrected chi connectivity index (χ3v) is 3.94. The topological polar surface area (TPSA) is 64.1 Å². The van der Waals surface area contributed by atoms with Crippen LogP contribution in [-0.4, -0.2) is 21.3 Å². The van der Waals surface area contributed by atoms with Crippen molar-refractivity contribution in [3.8, 4) is 11.4 Å². The first kappa shape index (κ1) is 14.2. The molecule has 108 valence electrons. The van der Waals surface area contributed by atoms with E-state index in [0.717, 1.165) is 16.6 Å². The Morgan fingerprint density at radius 1 is 1.14 bits per heavy atom. The number of nitrogens with zero attached hydrogens (tertiary/aromatic N) is 2. The number of rotatable bonds is 3. The third kappa shape index (κ3) is 2.46. The Hall–Kier alpha value is -1.75. The number of nitrogen functional groups attached to an aromatic ring is 1. The van der Waals surface area contributed by atoms with Crippen molar-refractivity contribution in [2.24, 2.45) is 0 Å². The van der Waals surface area contributed by atoms with E-state index >= 15 is 0 Å². The predicted octanol–water partition coefficient (Wildman–Crippen LogP) is 3.58. The Morgan fingerprint density at radius 2 is 1.81 bits per heavy atom. The molecule has 0 bridgehead atoms. The van der Waals surface area contributed by atoms with Gasteiger partial charge in [-0.05, 0) is 24.3 Å². The molecule has 6 heteroatoms. The maximum Gasteiger partial charge on any atom is 0.141 e. The summed E-state index contributed by atoms with van der Waals surface area (Å²) in [4.78, 5) is 4.61. The summed E-state index contributed by atoms with van der Waals surface area (Å²) in [6, 6.07) is 11.2. The van der Waals surface area contributed by atoms with Crippen molar-refractivity contribution in [1.82, 2.24) is 9.55 Å². The van der Waals surface area contributed by atoms with Gasteiger partial charge in [-0.1, -0.05) is 35.3 Å². The molecule has 1 aromatic heterocycles. The first-order valence-electron chi connectivity index (χ1n) is 6.43. The van der Waals surface area contributed by atoms with Crippen molar-refractivity contribution in [2.75, 3.05) is 12.3 Å². The Kier molecular flexibility index (Phi) is 3.76. The van der Waals surface area contributed by atoms with E-state index in [0.29, 0.717) is 28.1 Å². The van der Waals surface area contributed by atoms with Crippen molar-refractivity contribution in [2.45, 2.75) is 6.54 Å². The molecule has 0 fully saturated rings. The van der Waals surface area contributed by atoms with Crippen molar-refractivity contribution in [1.29, 1.82) is 0 Å². The number of aliphatic hydroxyl groups is 1. The second-order valence-corrected chi connectivity index (χ2v) is 5.47. The Balaban J connectivity index is 2.26. The zero-order valence-corrected chi connectivity index (χ0v) is 12.6. The number of aliphatic hydroxyl groups excluding tert-OH is 1. The minimum atomic E-state index is 0.0176. The standard InChI is InChI=1S/C15H13Cl2N3O/c16-10-7-9(8-11(17)14(10)18)15-19-12-3-1-2-4-13(12)20(15)5-6-21/h1-4,7-8,21H,5-6,18H2. The highest BCUT2D eigenvalue weighted by Crippen LogP contribution is 2.34. The van der Waals surface area contributed by atoms with Crippen LogP contribution in [0.1, 0.15) is 0 Å². The minimum Gasteiger partial charge on any atom is -0.396 e. The van der Waals surface area contributed by atoms with Gasteiger partial charge in [0.25, 0.3) is 0 Å². The molecular weight excluding hydrogens is 309 g/mol. The number of halogens is 2. The van der Waals surface area contributed by atoms with E-state index < -0.39 is 0 Å². The summed E-state index contributed by atoms with van der Waals surface area (Å²) in [5.74, 6) is 0.703. The molecule has 2 aromatic carbocycles. The summed E-state index contributed by atoms with van der Waals surface area (Å²) in [6.07, 6.45) is 0. The largest absolute Gasteiger partial charge is 0.396 e. The zero-order chi connectivity index (χ0) is 15.0. The molecule has 0 amide bonds. The van der Waals surface area contributed by atoms with Crippen molar-refractivity contribution < 1.29 is 5.11 Å². The van der Waals surface area contributed by atoms with Crippen LogP contribution in [0.3, 0.4) is 0 Å². The van der Waals surface area contributed by atoms with Gasteiger partial charge in [0, 0.05) is 12.1 Å². The molecule has 0 saturated heterocycles. The number of anilines is 1. The van der Waals surface area contributed by atoms with E-state index in [1.54, 1.807) is 12.1 Å². The summed E-state index contributed by atoms with van der Waals surface area (Å²) in [6.45, 7) is 0.458. The van der Waals surface area contributed by atoms with Crippen LogP contribution in [0.15, 0.2) is 36.4 Å². The summed E-state index contributed by atoms with van der Waals surface area (Å²) in [7, 11) is 0. The van der Waals surface area contributed by atoms with Crippen LogP contribution >= 0.6 is 23.2 Å². The van der Waals surface area contributed by atoms with Gasteiger partial charge in [0.2, 0.25) is 0 Å². The molecule has 21 heavy (non-hydrogen) atoms. The lowest BCUT2D eigenvalue weighted by Gasteiger charge is -2.09. The number of nitrogens with two attached hydrogens (primary N) is 1. The molecule has 3 N–H and O–H groups in total. The fourth-order valence-electron chi connectivity index (χ4n) is 2.34. The maximum atomic E-state index is 9.30. The van der Waals surface area contributed by atoms with Crippen LogP contribution in [0.25, 0.3) is 22.4 Å². The number of imidazole rings is 1. The molecule has 0 aliphatic heterocycles. The van der Waals surface area contributed by atoms with Gasteiger partial charge in [-0.3, -0.25) is 0 Å². The van der Waals surface area contributed by atoms with Crippen LogP contribution in [0.4, 0.5) is 5.69 Å². The van der Waals surface area contributed by atoms with Gasteiger partial charge in [-0.15, -0.1) is 0 Å². The van der Waals surface area contributed by atoms with Gasteiger partial charge in [0.05, 0.1) is 33.4 Å². The molecule has 0 atom stereocenters. The second-order valence-electron chi connectivity index (χ2n) is 4.65. The average Bonchev–Trinajstić information content (AvgIpc) is 2.84. The summed E-state index contributed by atoms with van der Waals surface area (Å²) in [5.41, 5.74) is 8.69. The number of fused-ring (bicyclic) bond motifs is 1. The van der Waals surface area contributed by atoms with E-state index in [2.05, 4.69) is 4.98 Å². The van der Waals surface area contributed by atoms with Crippen molar-refractivity contribution in [3.05, 3.63) is 46.4 Å². The molecule has 0 aliphatic carbocycles. The Bertz CT molecular complexity index is 791. The van der Waals surface area contributed by atoms with E-state index in [4.69, 9.17) is 28.9 Å². The Labute approximate surface area is 131 Å². The molecule has 0 aliphatic rings. The SMILES string of the molecule is Nc1c(Cl)cc(-c2nc3ccccc3n2CCO)cc1Cl. The monoisotopic (exact) mass is 321 g/mol. The summed E-state index contributed by atoms with van der Waals surface area (Å²) >= 11 is 12.2. The molecule has 1 heterocycles. The smallest absolute Gasteiger partial charge is 0.141 e. The molecule has 0 unspecified atom stereocenters. The van der Waals surface area contributed by atoms with Gasteiger partial charge in [-0.2, -0.15) is 0 Å². The van der Waals surface area contributed by atoms with Gasteiger partial charge in [0.15, 0.2) is 0 Å². The predicted molar refractivity (Wildman–Crippen MR) is 86.7 cm³/mol. The van der Waals surface area contributed by atoms with E-state index in [-0.39, 0.29) is 6.61 Å².